The molecular formula is C10H16N2OS. The Kier molecular flexibility index (Phi) is 5.50. The summed E-state index contributed by atoms with van der Waals surface area (Å²) in [5, 5.41) is 5.99. The van der Waals surface area contributed by atoms with Gasteiger partial charge in [-0.3, -0.25) is 4.79 Å². The van der Waals surface area contributed by atoms with Crippen LogP contribution in [-0.4, -0.2) is 36.5 Å². The van der Waals surface area contributed by atoms with Gasteiger partial charge in [0.1, 0.15) is 0 Å². The van der Waals surface area contributed by atoms with Crippen LogP contribution in [0.3, 0.4) is 0 Å². The molecule has 1 aliphatic heterocycles. The number of hydrogen-bond acceptors (Lipinski definition) is 3. The zero-order valence-electron chi connectivity index (χ0n) is 8.21. The van der Waals surface area contributed by atoms with Crippen LogP contribution < -0.4 is 10.6 Å². The van der Waals surface area contributed by atoms with Crippen molar-refractivity contribution < 1.29 is 4.79 Å². The van der Waals surface area contributed by atoms with Gasteiger partial charge in [-0.2, -0.15) is 11.8 Å². The van der Waals surface area contributed by atoms with Crippen molar-refractivity contribution in [2.45, 2.75) is 18.9 Å². The molecule has 0 aromatic rings. The topological polar surface area (TPSA) is 41.1 Å². The third-order valence-corrected chi connectivity index (χ3v) is 3.26. The Hall–Kier alpha value is -0.660. The molecule has 0 aromatic heterocycles. The summed E-state index contributed by atoms with van der Waals surface area (Å²) in [6.45, 7) is 1.08. The molecule has 3 nitrogen and oxygen atoms in total. The lowest BCUT2D eigenvalue weighted by Gasteiger charge is -2.10. The number of rotatable bonds is 5. The van der Waals surface area contributed by atoms with Gasteiger partial charge in [-0.15, -0.1) is 6.42 Å². The SMILES string of the molecule is C#CCNC(=O)CCNC1CCSC1. The summed E-state index contributed by atoms with van der Waals surface area (Å²) in [6, 6.07) is 0.598. The average molecular weight is 212 g/mol. The van der Waals surface area contributed by atoms with E-state index in [1.54, 1.807) is 0 Å². The molecule has 4 heteroatoms. The monoisotopic (exact) mass is 212 g/mol. The molecule has 0 radical (unpaired) electrons. The lowest BCUT2D eigenvalue weighted by molar-refractivity contribution is -0.120. The second-order valence-electron chi connectivity index (χ2n) is 3.25. The molecule has 1 unspecified atom stereocenters. The maximum absolute atomic E-state index is 11.1. The lowest BCUT2D eigenvalue weighted by Crippen LogP contribution is -2.33. The molecule has 0 aliphatic carbocycles. The molecule has 2 N–H and O–H groups in total. The molecule has 1 atom stereocenters. The maximum Gasteiger partial charge on any atom is 0.222 e. The molecule has 0 aromatic carbocycles. The number of hydrogen-bond donors (Lipinski definition) is 2. The zero-order valence-corrected chi connectivity index (χ0v) is 9.03. The van der Waals surface area contributed by atoms with Crippen molar-refractivity contribution in [2.24, 2.45) is 0 Å². The Morgan fingerprint density at radius 1 is 1.64 bits per heavy atom. The van der Waals surface area contributed by atoms with E-state index in [1.807, 2.05) is 11.8 Å². The van der Waals surface area contributed by atoms with Gasteiger partial charge in [0.25, 0.3) is 0 Å². The maximum atomic E-state index is 11.1. The standard InChI is InChI=1S/C10H16N2OS/c1-2-5-12-10(13)3-6-11-9-4-7-14-8-9/h1,9,11H,3-8H2,(H,12,13). The summed E-state index contributed by atoms with van der Waals surface area (Å²) in [5.41, 5.74) is 0. The first-order valence-electron chi connectivity index (χ1n) is 4.84. The number of thioether (sulfide) groups is 1. The van der Waals surface area contributed by atoms with Crippen molar-refractivity contribution in [3.8, 4) is 12.3 Å². The zero-order chi connectivity index (χ0) is 10.2. The Morgan fingerprint density at radius 3 is 3.14 bits per heavy atom. The Labute approximate surface area is 89.4 Å². The summed E-state index contributed by atoms with van der Waals surface area (Å²) in [4.78, 5) is 11.1. The van der Waals surface area contributed by atoms with E-state index in [0.717, 1.165) is 6.54 Å². The van der Waals surface area contributed by atoms with Crippen LogP contribution in [0.1, 0.15) is 12.8 Å². The first-order chi connectivity index (χ1) is 6.83. The van der Waals surface area contributed by atoms with Crippen LogP contribution in [0.2, 0.25) is 0 Å². The lowest BCUT2D eigenvalue weighted by atomic mass is 10.2. The molecule has 1 heterocycles. The third kappa shape index (κ3) is 4.54. The first-order valence-corrected chi connectivity index (χ1v) is 5.99. The minimum Gasteiger partial charge on any atom is -0.345 e. The van der Waals surface area contributed by atoms with Gasteiger partial charge in [-0.05, 0) is 12.2 Å². The largest absolute Gasteiger partial charge is 0.345 e. The van der Waals surface area contributed by atoms with Crippen LogP contribution in [0.25, 0.3) is 0 Å². The smallest absolute Gasteiger partial charge is 0.222 e. The van der Waals surface area contributed by atoms with Crippen LogP contribution in [0.15, 0.2) is 0 Å². The Bertz CT molecular complexity index is 219. The van der Waals surface area contributed by atoms with Gasteiger partial charge < -0.3 is 10.6 Å². The molecule has 0 spiro atoms. The minimum atomic E-state index is 0.0288. The average Bonchev–Trinajstić information content (AvgIpc) is 2.67. The van der Waals surface area contributed by atoms with Gasteiger partial charge >= 0.3 is 0 Å². The van der Waals surface area contributed by atoms with Crippen LogP contribution in [0, 0.1) is 12.3 Å². The number of nitrogens with one attached hydrogen (secondary N) is 2. The second kappa shape index (κ2) is 6.74. The molecule has 1 rings (SSSR count). The van der Waals surface area contributed by atoms with E-state index in [2.05, 4.69) is 16.6 Å². The third-order valence-electron chi connectivity index (χ3n) is 2.10. The predicted octanol–water partition coefficient (Wildman–Crippen LogP) is 0.221. The molecule has 78 valence electrons. The van der Waals surface area contributed by atoms with E-state index in [1.165, 1.54) is 17.9 Å². The van der Waals surface area contributed by atoms with E-state index in [4.69, 9.17) is 6.42 Å². The molecule has 1 fully saturated rings. The highest BCUT2D eigenvalue weighted by molar-refractivity contribution is 7.99. The molecule has 0 bridgehead atoms. The van der Waals surface area contributed by atoms with Crippen molar-refractivity contribution in [1.29, 1.82) is 0 Å². The Balaban J connectivity index is 1.97. The van der Waals surface area contributed by atoms with Crippen LogP contribution in [0.5, 0.6) is 0 Å². The van der Waals surface area contributed by atoms with Crippen molar-refractivity contribution in [1.82, 2.24) is 10.6 Å². The molecule has 14 heavy (non-hydrogen) atoms. The summed E-state index contributed by atoms with van der Waals surface area (Å²) in [6.07, 6.45) is 6.76. The van der Waals surface area contributed by atoms with Crippen molar-refractivity contribution in [3.05, 3.63) is 0 Å². The summed E-state index contributed by atoms with van der Waals surface area (Å²) >= 11 is 1.97. The summed E-state index contributed by atoms with van der Waals surface area (Å²) < 4.78 is 0. The molecule has 1 saturated heterocycles. The molecule has 1 amide bonds. The number of carbonyl (C=O) groups excluding carboxylic acids is 1. The Morgan fingerprint density at radius 2 is 2.50 bits per heavy atom. The number of carbonyl (C=O) groups is 1. The quantitative estimate of drug-likeness (QED) is 0.641. The van der Waals surface area contributed by atoms with Gasteiger partial charge in [0.15, 0.2) is 0 Å². The summed E-state index contributed by atoms with van der Waals surface area (Å²) in [5.74, 6) is 4.81. The fraction of sp³-hybridized carbons (Fsp3) is 0.700. The number of amides is 1. The van der Waals surface area contributed by atoms with E-state index in [9.17, 15) is 4.79 Å². The first kappa shape index (κ1) is 11.4. The van der Waals surface area contributed by atoms with Crippen LogP contribution >= 0.6 is 11.8 Å². The normalized spacial score (nSPS) is 20.4. The van der Waals surface area contributed by atoms with E-state index < -0.39 is 0 Å². The molecule has 1 aliphatic rings. The highest BCUT2D eigenvalue weighted by Crippen LogP contribution is 2.16. The van der Waals surface area contributed by atoms with Crippen LogP contribution in [-0.2, 0) is 4.79 Å². The fourth-order valence-electron chi connectivity index (χ4n) is 1.32. The van der Waals surface area contributed by atoms with Crippen LogP contribution in [0.4, 0.5) is 0 Å². The van der Waals surface area contributed by atoms with Crippen molar-refractivity contribution >= 4 is 17.7 Å². The van der Waals surface area contributed by atoms with E-state index >= 15 is 0 Å². The molecular weight excluding hydrogens is 196 g/mol. The predicted molar refractivity (Wildman–Crippen MR) is 60.2 cm³/mol. The highest BCUT2D eigenvalue weighted by atomic mass is 32.2. The summed E-state index contributed by atoms with van der Waals surface area (Å²) in [7, 11) is 0. The van der Waals surface area contributed by atoms with Gasteiger partial charge in [0.05, 0.1) is 6.54 Å². The van der Waals surface area contributed by atoms with Gasteiger partial charge in [-0.25, -0.2) is 0 Å². The van der Waals surface area contributed by atoms with Gasteiger partial charge in [0.2, 0.25) is 5.91 Å². The van der Waals surface area contributed by atoms with Crippen molar-refractivity contribution in [3.63, 3.8) is 0 Å². The van der Waals surface area contributed by atoms with E-state index in [0.29, 0.717) is 19.0 Å². The fourth-order valence-corrected chi connectivity index (χ4v) is 2.51. The van der Waals surface area contributed by atoms with Crippen molar-refractivity contribution in [2.75, 3.05) is 24.6 Å². The van der Waals surface area contributed by atoms with Gasteiger partial charge in [0, 0.05) is 24.8 Å². The number of terminal acetylenes is 1. The molecule has 0 saturated carbocycles. The highest BCUT2D eigenvalue weighted by Gasteiger charge is 2.14. The minimum absolute atomic E-state index is 0.0288. The van der Waals surface area contributed by atoms with Gasteiger partial charge in [-0.1, -0.05) is 5.92 Å². The van der Waals surface area contributed by atoms with E-state index in [-0.39, 0.29) is 5.91 Å². The second-order valence-corrected chi connectivity index (χ2v) is 4.40.